The predicted molar refractivity (Wildman–Crippen MR) is 94.2 cm³/mol. The number of amides is 3. The molecule has 0 aliphatic carbocycles. The second-order valence-corrected chi connectivity index (χ2v) is 6.31. The van der Waals surface area contributed by atoms with E-state index in [0.29, 0.717) is 11.1 Å². The van der Waals surface area contributed by atoms with Crippen LogP contribution in [0.2, 0.25) is 0 Å². The van der Waals surface area contributed by atoms with Gasteiger partial charge in [-0.05, 0) is 44.5 Å². The molecule has 0 spiro atoms. The van der Waals surface area contributed by atoms with Gasteiger partial charge in [-0.25, -0.2) is 14.4 Å². The number of carbonyl (C=O) groups excluding carboxylic acids is 4. The molecule has 0 aliphatic rings. The van der Waals surface area contributed by atoms with E-state index >= 15 is 0 Å². The summed E-state index contributed by atoms with van der Waals surface area (Å²) in [7, 11) is 1.29. The first kappa shape index (κ1) is 20.9. The zero-order valence-corrected chi connectivity index (χ0v) is 15.1. The van der Waals surface area contributed by atoms with Crippen molar-refractivity contribution in [1.29, 1.82) is 0 Å². The molecule has 0 fully saturated rings. The summed E-state index contributed by atoms with van der Waals surface area (Å²) < 4.78 is 9.33. The van der Waals surface area contributed by atoms with Crippen LogP contribution >= 0.6 is 0 Å². The Morgan fingerprint density at radius 1 is 1.08 bits per heavy atom. The van der Waals surface area contributed by atoms with Crippen molar-refractivity contribution in [1.82, 2.24) is 10.6 Å². The van der Waals surface area contributed by atoms with Crippen molar-refractivity contribution in [2.45, 2.75) is 26.3 Å². The van der Waals surface area contributed by atoms with Gasteiger partial charge in [0.15, 0.2) is 6.61 Å². The Morgan fingerprint density at radius 2 is 1.69 bits per heavy atom. The maximum absolute atomic E-state index is 11.6. The van der Waals surface area contributed by atoms with Gasteiger partial charge >= 0.3 is 18.0 Å². The third-order valence-corrected chi connectivity index (χ3v) is 2.83. The number of imide groups is 1. The Morgan fingerprint density at radius 3 is 2.23 bits per heavy atom. The van der Waals surface area contributed by atoms with Crippen LogP contribution in [0.5, 0.6) is 0 Å². The van der Waals surface area contributed by atoms with Crippen molar-refractivity contribution in [3.63, 3.8) is 0 Å². The summed E-state index contributed by atoms with van der Waals surface area (Å²) in [5, 5.41) is 4.60. The lowest BCUT2D eigenvalue weighted by atomic mass is 10.1. The molecular formula is C18H22N2O6. The van der Waals surface area contributed by atoms with Gasteiger partial charge < -0.3 is 14.8 Å². The van der Waals surface area contributed by atoms with Gasteiger partial charge in [0, 0.05) is 11.6 Å². The number of benzene rings is 1. The lowest BCUT2D eigenvalue weighted by molar-refractivity contribution is -0.143. The quantitative estimate of drug-likeness (QED) is 0.609. The minimum atomic E-state index is -0.742. The SMILES string of the molecule is COC(=O)c1ccc(/C=C/C(=O)OCC(=O)NC(=O)NC(C)(C)C)cc1. The number of hydrogen-bond acceptors (Lipinski definition) is 6. The average Bonchev–Trinajstić information content (AvgIpc) is 2.56. The van der Waals surface area contributed by atoms with Gasteiger partial charge in [-0.1, -0.05) is 12.1 Å². The van der Waals surface area contributed by atoms with E-state index in [1.165, 1.54) is 13.2 Å². The predicted octanol–water partition coefficient (Wildman–Crippen LogP) is 1.65. The van der Waals surface area contributed by atoms with E-state index in [9.17, 15) is 19.2 Å². The van der Waals surface area contributed by atoms with Crippen LogP contribution in [0.15, 0.2) is 30.3 Å². The molecule has 0 saturated heterocycles. The molecule has 8 heteroatoms. The van der Waals surface area contributed by atoms with Gasteiger partial charge in [-0.15, -0.1) is 0 Å². The highest BCUT2D eigenvalue weighted by Gasteiger charge is 2.16. The van der Waals surface area contributed by atoms with Crippen molar-refractivity contribution >= 4 is 30.0 Å². The monoisotopic (exact) mass is 362 g/mol. The Kier molecular flexibility index (Phi) is 7.52. The molecule has 140 valence electrons. The van der Waals surface area contributed by atoms with Gasteiger partial charge in [-0.3, -0.25) is 10.1 Å². The van der Waals surface area contributed by atoms with Gasteiger partial charge in [-0.2, -0.15) is 0 Å². The number of nitrogens with one attached hydrogen (secondary N) is 2. The third kappa shape index (κ3) is 8.09. The molecule has 1 aromatic carbocycles. The molecule has 0 radical (unpaired) electrons. The molecule has 0 aliphatic heterocycles. The van der Waals surface area contributed by atoms with Crippen LogP contribution < -0.4 is 10.6 Å². The summed E-state index contributed by atoms with van der Waals surface area (Å²) in [6.07, 6.45) is 2.60. The van der Waals surface area contributed by atoms with Crippen molar-refractivity contribution in [3.8, 4) is 0 Å². The molecule has 0 bridgehead atoms. The highest BCUT2D eigenvalue weighted by atomic mass is 16.5. The van der Waals surface area contributed by atoms with Gasteiger partial charge in [0.25, 0.3) is 5.91 Å². The van der Waals surface area contributed by atoms with Gasteiger partial charge in [0.05, 0.1) is 12.7 Å². The first-order chi connectivity index (χ1) is 12.1. The third-order valence-electron chi connectivity index (χ3n) is 2.83. The highest BCUT2D eigenvalue weighted by Crippen LogP contribution is 2.07. The second kappa shape index (κ2) is 9.36. The summed E-state index contributed by atoms with van der Waals surface area (Å²) in [5.41, 5.74) is 0.550. The molecule has 0 heterocycles. The van der Waals surface area contributed by atoms with Crippen LogP contribution in [0.3, 0.4) is 0 Å². The summed E-state index contributed by atoms with van der Waals surface area (Å²) >= 11 is 0. The fourth-order valence-corrected chi connectivity index (χ4v) is 1.73. The van der Waals surface area contributed by atoms with Crippen molar-refractivity contribution < 1.29 is 28.7 Å². The van der Waals surface area contributed by atoms with Gasteiger partial charge in [0.2, 0.25) is 0 Å². The van der Waals surface area contributed by atoms with Crippen LogP contribution in [0, 0.1) is 0 Å². The fourth-order valence-electron chi connectivity index (χ4n) is 1.73. The molecule has 3 amide bonds. The number of urea groups is 1. The zero-order chi connectivity index (χ0) is 19.7. The maximum atomic E-state index is 11.6. The van der Waals surface area contributed by atoms with E-state index in [-0.39, 0.29) is 0 Å². The van der Waals surface area contributed by atoms with Gasteiger partial charge in [0.1, 0.15) is 0 Å². The van der Waals surface area contributed by atoms with Crippen molar-refractivity contribution in [3.05, 3.63) is 41.5 Å². The number of methoxy groups -OCH3 is 1. The van der Waals surface area contributed by atoms with E-state index in [2.05, 4.69) is 15.4 Å². The lowest BCUT2D eigenvalue weighted by Crippen LogP contribution is -2.49. The molecular weight excluding hydrogens is 340 g/mol. The maximum Gasteiger partial charge on any atom is 0.337 e. The summed E-state index contributed by atoms with van der Waals surface area (Å²) in [5.74, 6) is -1.94. The number of rotatable bonds is 5. The van der Waals surface area contributed by atoms with Crippen LogP contribution in [-0.4, -0.2) is 43.1 Å². The lowest BCUT2D eigenvalue weighted by Gasteiger charge is -2.20. The van der Waals surface area contributed by atoms with E-state index in [4.69, 9.17) is 4.74 Å². The van der Waals surface area contributed by atoms with E-state index in [0.717, 1.165) is 6.08 Å². The molecule has 2 N–H and O–H groups in total. The molecule has 1 rings (SSSR count). The standard InChI is InChI=1S/C18H22N2O6/c1-18(2,3)20-17(24)19-14(21)11-26-15(22)10-7-12-5-8-13(9-6-12)16(23)25-4/h5-10H,11H2,1-4H3,(H2,19,20,21,24)/b10-7+. The molecule has 1 aromatic rings. The number of esters is 2. The molecule has 0 saturated carbocycles. The normalized spacial score (nSPS) is 10.9. The first-order valence-electron chi connectivity index (χ1n) is 7.76. The van der Waals surface area contributed by atoms with E-state index in [1.54, 1.807) is 45.0 Å². The number of ether oxygens (including phenoxy) is 2. The minimum absolute atomic E-state index is 0.387. The topological polar surface area (TPSA) is 111 Å². The van der Waals surface area contributed by atoms with Crippen LogP contribution in [-0.2, 0) is 19.1 Å². The Labute approximate surface area is 151 Å². The Hall–Kier alpha value is -3.16. The molecule has 0 aromatic heterocycles. The Bertz CT molecular complexity index is 701. The highest BCUT2D eigenvalue weighted by molar-refractivity contribution is 5.96. The number of hydrogen-bond donors (Lipinski definition) is 2. The summed E-state index contributed by atoms with van der Waals surface area (Å²) in [6.45, 7) is 4.71. The van der Waals surface area contributed by atoms with Crippen molar-refractivity contribution in [2.75, 3.05) is 13.7 Å². The zero-order valence-electron chi connectivity index (χ0n) is 15.1. The second-order valence-electron chi connectivity index (χ2n) is 6.31. The van der Waals surface area contributed by atoms with Crippen molar-refractivity contribution in [2.24, 2.45) is 0 Å². The molecule has 26 heavy (non-hydrogen) atoms. The summed E-state index contributed by atoms with van der Waals surface area (Å²) in [6, 6.07) is 5.69. The summed E-state index contributed by atoms with van der Waals surface area (Å²) in [4.78, 5) is 45.9. The average molecular weight is 362 g/mol. The molecule has 0 unspecified atom stereocenters. The largest absolute Gasteiger partial charge is 0.465 e. The minimum Gasteiger partial charge on any atom is -0.465 e. The van der Waals surface area contributed by atoms with E-state index in [1.807, 2.05) is 0 Å². The van der Waals surface area contributed by atoms with Crippen LogP contribution in [0.4, 0.5) is 4.79 Å². The molecule has 0 atom stereocenters. The molecule has 8 nitrogen and oxygen atoms in total. The smallest absolute Gasteiger partial charge is 0.337 e. The first-order valence-corrected chi connectivity index (χ1v) is 7.76. The van der Waals surface area contributed by atoms with Crippen LogP contribution in [0.1, 0.15) is 36.7 Å². The van der Waals surface area contributed by atoms with E-state index < -0.39 is 36.0 Å². The number of carbonyl (C=O) groups is 4. The Balaban J connectivity index is 2.44. The fraction of sp³-hybridized carbons (Fsp3) is 0.333. The van der Waals surface area contributed by atoms with Crippen LogP contribution in [0.25, 0.3) is 6.08 Å².